The molecule has 6 heteroatoms. The van der Waals surface area contributed by atoms with Crippen molar-refractivity contribution in [1.82, 2.24) is 4.90 Å². The highest BCUT2D eigenvalue weighted by atomic mass is 32.2. The molecule has 5 nitrogen and oxygen atoms in total. The van der Waals surface area contributed by atoms with E-state index in [0.717, 1.165) is 22.4 Å². The predicted octanol–water partition coefficient (Wildman–Crippen LogP) is 8.03. The van der Waals surface area contributed by atoms with E-state index in [2.05, 4.69) is 0 Å². The van der Waals surface area contributed by atoms with Crippen LogP contribution in [0.1, 0.15) is 36.6 Å². The van der Waals surface area contributed by atoms with Crippen LogP contribution in [0.4, 0.5) is 5.69 Å². The Morgan fingerprint density at radius 1 is 0.846 bits per heavy atom. The first kappa shape index (κ1) is 26.3. The van der Waals surface area contributed by atoms with Gasteiger partial charge in [0.15, 0.2) is 16.7 Å². The smallest absolute Gasteiger partial charge is 0.267 e. The Bertz CT molecular complexity index is 1470. The SMILES string of the molecule is CCOc1cc(/C=C2/SC(=Nc3ccccc3)N([C@@H](C)c3ccccc3)C2=O)ccc1OCc1ccccc1. The summed E-state index contributed by atoms with van der Waals surface area (Å²) < 4.78 is 12.0. The minimum absolute atomic E-state index is 0.0756. The standard InChI is InChI=1S/C33H30N2O3S/c1-3-37-30-21-26(19-20-29(30)38-23-25-13-7-4-8-14-25)22-31-32(36)35(24(2)27-15-9-5-10-16-27)33(39-31)34-28-17-11-6-12-18-28/h4-22,24H,3,23H2,1-2H3/b31-22+,34-33?/t24-/m0/s1. The third kappa shape index (κ3) is 6.41. The first-order valence-electron chi connectivity index (χ1n) is 13.0. The van der Waals surface area contributed by atoms with Crippen LogP contribution in [0.2, 0.25) is 0 Å². The number of amides is 1. The molecule has 1 fully saturated rings. The van der Waals surface area contributed by atoms with Gasteiger partial charge in [-0.2, -0.15) is 0 Å². The fraction of sp³-hybridized carbons (Fsp3) is 0.152. The summed E-state index contributed by atoms with van der Waals surface area (Å²) in [4.78, 5) is 21.0. The second kappa shape index (κ2) is 12.5. The Morgan fingerprint density at radius 2 is 1.51 bits per heavy atom. The molecule has 5 rings (SSSR count). The van der Waals surface area contributed by atoms with Gasteiger partial charge in [-0.15, -0.1) is 0 Å². The number of para-hydroxylation sites is 1. The maximum Gasteiger partial charge on any atom is 0.267 e. The Hall–Kier alpha value is -4.29. The van der Waals surface area contributed by atoms with Crippen LogP contribution in [0.5, 0.6) is 11.5 Å². The summed E-state index contributed by atoms with van der Waals surface area (Å²) >= 11 is 1.39. The van der Waals surface area contributed by atoms with Crippen molar-refractivity contribution >= 4 is 34.6 Å². The second-order valence-electron chi connectivity index (χ2n) is 9.02. The highest BCUT2D eigenvalue weighted by Crippen LogP contribution is 2.40. The monoisotopic (exact) mass is 534 g/mol. The molecular formula is C33H30N2O3S. The van der Waals surface area contributed by atoms with Gasteiger partial charge in [0.25, 0.3) is 5.91 Å². The maximum atomic E-state index is 13.8. The molecule has 0 bridgehead atoms. The van der Waals surface area contributed by atoms with E-state index < -0.39 is 0 Å². The minimum atomic E-state index is -0.174. The number of amidine groups is 1. The quantitative estimate of drug-likeness (QED) is 0.204. The van der Waals surface area contributed by atoms with Gasteiger partial charge in [-0.25, -0.2) is 4.99 Å². The van der Waals surface area contributed by atoms with Crippen molar-refractivity contribution < 1.29 is 14.3 Å². The minimum Gasteiger partial charge on any atom is -0.490 e. The van der Waals surface area contributed by atoms with Crippen LogP contribution in [-0.4, -0.2) is 22.6 Å². The van der Waals surface area contributed by atoms with Crippen LogP contribution in [-0.2, 0) is 11.4 Å². The number of ether oxygens (including phenoxy) is 2. The summed E-state index contributed by atoms with van der Waals surface area (Å²) in [7, 11) is 0. The van der Waals surface area contributed by atoms with Crippen molar-refractivity contribution in [1.29, 1.82) is 0 Å². The molecule has 0 spiro atoms. The van der Waals surface area contributed by atoms with Crippen LogP contribution >= 0.6 is 11.8 Å². The molecule has 1 heterocycles. The zero-order chi connectivity index (χ0) is 27.0. The first-order chi connectivity index (χ1) is 19.1. The maximum absolute atomic E-state index is 13.8. The Kier molecular flexibility index (Phi) is 8.44. The largest absolute Gasteiger partial charge is 0.490 e. The lowest BCUT2D eigenvalue weighted by atomic mass is 10.1. The van der Waals surface area contributed by atoms with E-state index in [1.54, 1.807) is 4.90 Å². The van der Waals surface area contributed by atoms with E-state index in [4.69, 9.17) is 14.5 Å². The van der Waals surface area contributed by atoms with Gasteiger partial charge in [0, 0.05) is 0 Å². The molecule has 1 aliphatic heterocycles. The van der Waals surface area contributed by atoms with Crippen molar-refractivity contribution in [2.24, 2.45) is 4.99 Å². The van der Waals surface area contributed by atoms with Crippen molar-refractivity contribution in [3.63, 3.8) is 0 Å². The van der Waals surface area contributed by atoms with Gasteiger partial charge in [-0.3, -0.25) is 9.69 Å². The van der Waals surface area contributed by atoms with Gasteiger partial charge in [-0.05, 0) is 72.6 Å². The molecule has 1 saturated heterocycles. The normalized spacial score (nSPS) is 16.1. The van der Waals surface area contributed by atoms with Gasteiger partial charge >= 0.3 is 0 Å². The average molecular weight is 535 g/mol. The van der Waals surface area contributed by atoms with Crippen LogP contribution in [0.15, 0.2) is 119 Å². The third-order valence-corrected chi connectivity index (χ3v) is 7.27. The van der Waals surface area contributed by atoms with Gasteiger partial charge in [-0.1, -0.05) is 84.9 Å². The van der Waals surface area contributed by atoms with E-state index in [0.29, 0.717) is 34.8 Å². The lowest BCUT2D eigenvalue weighted by Crippen LogP contribution is -2.32. The molecule has 1 aliphatic rings. The zero-order valence-electron chi connectivity index (χ0n) is 22.0. The number of rotatable bonds is 9. The lowest BCUT2D eigenvalue weighted by molar-refractivity contribution is -0.123. The number of hydrogen-bond donors (Lipinski definition) is 0. The van der Waals surface area contributed by atoms with Gasteiger partial charge in [0.1, 0.15) is 6.61 Å². The number of hydrogen-bond acceptors (Lipinski definition) is 5. The van der Waals surface area contributed by atoms with Crippen LogP contribution in [0.25, 0.3) is 6.08 Å². The Labute approximate surface area is 233 Å². The molecule has 1 atom stereocenters. The highest BCUT2D eigenvalue weighted by Gasteiger charge is 2.37. The molecule has 39 heavy (non-hydrogen) atoms. The van der Waals surface area contributed by atoms with Crippen LogP contribution in [0, 0.1) is 0 Å². The number of nitrogens with zero attached hydrogens (tertiary/aromatic N) is 2. The molecule has 0 N–H and O–H groups in total. The summed E-state index contributed by atoms with van der Waals surface area (Å²) in [6, 6.07) is 35.3. The van der Waals surface area contributed by atoms with Gasteiger partial charge < -0.3 is 9.47 Å². The molecule has 0 radical (unpaired) electrons. The number of aliphatic imine (C=N–C) groups is 1. The van der Waals surface area contributed by atoms with Crippen molar-refractivity contribution in [3.8, 4) is 11.5 Å². The number of benzene rings is 4. The average Bonchev–Trinajstić information content (AvgIpc) is 3.27. The van der Waals surface area contributed by atoms with E-state index in [1.807, 2.05) is 129 Å². The molecule has 4 aromatic carbocycles. The van der Waals surface area contributed by atoms with Crippen molar-refractivity contribution in [3.05, 3.63) is 131 Å². The van der Waals surface area contributed by atoms with Crippen molar-refractivity contribution in [2.45, 2.75) is 26.5 Å². The number of carbonyl (C=O) groups is 1. The third-order valence-electron chi connectivity index (χ3n) is 6.29. The topological polar surface area (TPSA) is 51.1 Å². The summed E-state index contributed by atoms with van der Waals surface area (Å²) in [5.74, 6) is 1.23. The highest BCUT2D eigenvalue weighted by molar-refractivity contribution is 8.18. The Morgan fingerprint density at radius 3 is 2.21 bits per heavy atom. The second-order valence-corrected chi connectivity index (χ2v) is 10.0. The molecule has 0 saturated carbocycles. The molecule has 1 amide bonds. The van der Waals surface area contributed by atoms with E-state index in [1.165, 1.54) is 11.8 Å². The summed E-state index contributed by atoms with van der Waals surface area (Å²) in [5.41, 5.74) is 3.79. The molecule has 0 unspecified atom stereocenters. The molecule has 196 valence electrons. The number of carbonyl (C=O) groups excluding carboxylic acids is 1. The Balaban J connectivity index is 1.45. The zero-order valence-corrected chi connectivity index (χ0v) is 22.8. The predicted molar refractivity (Wildman–Crippen MR) is 159 cm³/mol. The fourth-order valence-corrected chi connectivity index (χ4v) is 5.36. The lowest BCUT2D eigenvalue weighted by Gasteiger charge is -2.24. The summed E-state index contributed by atoms with van der Waals surface area (Å²) in [6.45, 7) is 4.92. The summed E-state index contributed by atoms with van der Waals surface area (Å²) in [5, 5.41) is 0.654. The van der Waals surface area contributed by atoms with E-state index in [-0.39, 0.29) is 11.9 Å². The fourth-order valence-electron chi connectivity index (χ4n) is 4.29. The van der Waals surface area contributed by atoms with E-state index in [9.17, 15) is 4.79 Å². The summed E-state index contributed by atoms with van der Waals surface area (Å²) in [6.07, 6.45) is 1.90. The molecular weight excluding hydrogens is 504 g/mol. The van der Waals surface area contributed by atoms with Gasteiger partial charge in [0.05, 0.1) is 23.2 Å². The van der Waals surface area contributed by atoms with Crippen LogP contribution < -0.4 is 9.47 Å². The van der Waals surface area contributed by atoms with Gasteiger partial charge in [0.2, 0.25) is 0 Å². The molecule has 0 aromatic heterocycles. The molecule has 0 aliphatic carbocycles. The number of thioether (sulfide) groups is 1. The van der Waals surface area contributed by atoms with Crippen LogP contribution in [0.3, 0.4) is 0 Å². The van der Waals surface area contributed by atoms with E-state index >= 15 is 0 Å². The molecule has 4 aromatic rings. The first-order valence-corrected chi connectivity index (χ1v) is 13.8. The van der Waals surface area contributed by atoms with Crippen molar-refractivity contribution in [2.75, 3.05) is 6.61 Å².